The van der Waals surface area contributed by atoms with Crippen molar-refractivity contribution in [2.45, 2.75) is 32.9 Å². The van der Waals surface area contributed by atoms with Crippen LogP contribution >= 0.6 is 0 Å². The summed E-state index contributed by atoms with van der Waals surface area (Å²) < 4.78 is 7.49. The molecule has 28 heavy (non-hydrogen) atoms. The number of aromatic nitrogens is 2. The number of aryl methyl sites for hydroxylation is 1. The largest absolute Gasteiger partial charge is 0.468 e. The third-order valence-corrected chi connectivity index (χ3v) is 5.37. The highest BCUT2D eigenvalue weighted by Crippen LogP contribution is 2.20. The van der Waals surface area contributed by atoms with E-state index in [0.29, 0.717) is 6.54 Å². The summed E-state index contributed by atoms with van der Waals surface area (Å²) in [6, 6.07) is 12.0. The molecule has 2 aromatic heterocycles. The van der Waals surface area contributed by atoms with Crippen molar-refractivity contribution in [1.82, 2.24) is 19.8 Å². The highest BCUT2D eigenvalue weighted by atomic mass is 16.3. The number of likely N-dealkylation sites (tertiary alicyclic amines) is 1. The van der Waals surface area contributed by atoms with E-state index in [1.165, 1.54) is 0 Å². The van der Waals surface area contributed by atoms with Crippen LogP contribution in [-0.4, -0.2) is 33.4 Å². The zero-order valence-corrected chi connectivity index (χ0v) is 16.2. The van der Waals surface area contributed by atoms with Gasteiger partial charge in [-0.1, -0.05) is 18.2 Å². The van der Waals surface area contributed by atoms with E-state index in [1.807, 2.05) is 42.0 Å². The van der Waals surface area contributed by atoms with Gasteiger partial charge in [0.15, 0.2) is 0 Å². The Bertz CT molecular complexity index is 916. The maximum atomic E-state index is 12.8. The van der Waals surface area contributed by atoms with Crippen LogP contribution in [0.2, 0.25) is 0 Å². The zero-order chi connectivity index (χ0) is 19.3. The van der Waals surface area contributed by atoms with E-state index in [2.05, 4.69) is 27.3 Å². The summed E-state index contributed by atoms with van der Waals surface area (Å²) in [5.74, 6) is 2.03. The second-order valence-corrected chi connectivity index (χ2v) is 7.34. The number of carbonyl (C=O) groups is 1. The van der Waals surface area contributed by atoms with Crippen molar-refractivity contribution in [3.05, 3.63) is 72.2 Å². The van der Waals surface area contributed by atoms with Crippen molar-refractivity contribution in [2.75, 3.05) is 13.1 Å². The van der Waals surface area contributed by atoms with Gasteiger partial charge in [-0.05, 0) is 50.1 Å². The molecule has 1 fully saturated rings. The van der Waals surface area contributed by atoms with Crippen molar-refractivity contribution >= 4 is 5.91 Å². The number of furan rings is 1. The molecule has 0 spiro atoms. The molecule has 1 aromatic carbocycles. The van der Waals surface area contributed by atoms with Crippen molar-refractivity contribution in [2.24, 2.45) is 5.92 Å². The lowest BCUT2D eigenvalue weighted by Gasteiger charge is -2.31. The standard InChI is InChI=1S/C22H26N4O2/c1-17-23-10-12-26(17)21-9-3-2-6-18(21)14-24-22(27)19-7-4-11-25(15-19)16-20-8-5-13-28-20/h2-3,5-6,8-10,12-13,19H,4,7,11,14-16H2,1H3,(H,24,27). The van der Waals surface area contributed by atoms with Crippen molar-refractivity contribution in [3.8, 4) is 5.69 Å². The maximum absolute atomic E-state index is 12.8. The number of para-hydroxylation sites is 1. The Morgan fingerprint density at radius 3 is 2.96 bits per heavy atom. The second-order valence-electron chi connectivity index (χ2n) is 7.34. The number of amides is 1. The Labute approximate surface area is 165 Å². The van der Waals surface area contributed by atoms with E-state index >= 15 is 0 Å². The van der Waals surface area contributed by atoms with Crippen LogP contribution in [0.15, 0.2) is 59.5 Å². The van der Waals surface area contributed by atoms with Gasteiger partial charge in [-0.15, -0.1) is 0 Å². The molecule has 1 atom stereocenters. The third-order valence-electron chi connectivity index (χ3n) is 5.37. The number of hydrogen-bond acceptors (Lipinski definition) is 4. The minimum absolute atomic E-state index is 0.0193. The summed E-state index contributed by atoms with van der Waals surface area (Å²) in [6.07, 6.45) is 7.40. The van der Waals surface area contributed by atoms with E-state index in [1.54, 1.807) is 12.5 Å². The molecule has 0 saturated carbocycles. The molecule has 146 valence electrons. The zero-order valence-electron chi connectivity index (χ0n) is 16.2. The number of piperidine rings is 1. The van der Waals surface area contributed by atoms with Gasteiger partial charge in [0.05, 0.1) is 24.4 Å². The average Bonchev–Trinajstić information content (AvgIpc) is 3.38. The van der Waals surface area contributed by atoms with Gasteiger partial charge in [-0.3, -0.25) is 9.69 Å². The van der Waals surface area contributed by atoms with Crippen molar-refractivity contribution in [1.29, 1.82) is 0 Å². The molecule has 1 amide bonds. The first-order valence-corrected chi connectivity index (χ1v) is 9.81. The van der Waals surface area contributed by atoms with E-state index < -0.39 is 0 Å². The lowest BCUT2D eigenvalue weighted by Crippen LogP contribution is -2.42. The molecule has 6 heteroatoms. The Morgan fingerprint density at radius 2 is 2.18 bits per heavy atom. The SMILES string of the molecule is Cc1nccn1-c1ccccc1CNC(=O)C1CCCN(Cc2ccco2)C1. The summed E-state index contributed by atoms with van der Waals surface area (Å²) in [4.78, 5) is 19.4. The molecular formula is C22H26N4O2. The molecule has 1 unspecified atom stereocenters. The molecule has 1 aliphatic heterocycles. The molecule has 1 saturated heterocycles. The molecular weight excluding hydrogens is 352 g/mol. The Hall–Kier alpha value is -2.86. The third kappa shape index (κ3) is 4.17. The van der Waals surface area contributed by atoms with Gasteiger partial charge in [0.2, 0.25) is 5.91 Å². The first kappa shape index (κ1) is 18.5. The van der Waals surface area contributed by atoms with Crippen molar-refractivity contribution < 1.29 is 9.21 Å². The van der Waals surface area contributed by atoms with E-state index in [0.717, 1.165) is 55.3 Å². The lowest BCUT2D eigenvalue weighted by molar-refractivity contribution is -0.127. The highest BCUT2D eigenvalue weighted by molar-refractivity contribution is 5.79. The predicted molar refractivity (Wildman–Crippen MR) is 107 cm³/mol. The predicted octanol–water partition coefficient (Wildman–Crippen LogP) is 3.30. The molecule has 1 N–H and O–H groups in total. The van der Waals surface area contributed by atoms with Crippen LogP contribution in [0.4, 0.5) is 0 Å². The number of nitrogens with one attached hydrogen (secondary N) is 1. The molecule has 0 bridgehead atoms. The van der Waals surface area contributed by atoms with Crippen LogP contribution in [0.25, 0.3) is 5.69 Å². The quantitative estimate of drug-likeness (QED) is 0.715. The monoisotopic (exact) mass is 378 g/mol. The summed E-state index contributed by atoms with van der Waals surface area (Å²) in [5, 5.41) is 3.15. The summed E-state index contributed by atoms with van der Waals surface area (Å²) in [7, 11) is 0. The van der Waals surface area contributed by atoms with E-state index in [9.17, 15) is 4.79 Å². The maximum Gasteiger partial charge on any atom is 0.224 e. The summed E-state index contributed by atoms with van der Waals surface area (Å²) in [5.41, 5.74) is 2.14. The molecule has 0 radical (unpaired) electrons. The molecule has 4 rings (SSSR count). The summed E-state index contributed by atoms with van der Waals surface area (Å²) >= 11 is 0. The topological polar surface area (TPSA) is 63.3 Å². The number of nitrogens with zero attached hydrogens (tertiary/aromatic N) is 3. The Kier molecular flexibility index (Phi) is 5.58. The molecule has 3 heterocycles. The van der Waals surface area contributed by atoms with E-state index in [-0.39, 0.29) is 11.8 Å². The fourth-order valence-electron chi connectivity index (χ4n) is 3.89. The van der Waals surface area contributed by atoms with Crippen LogP contribution in [0, 0.1) is 12.8 Å². The molecule has 6 nitrogen and oxygen atoms in total. The number of carbonyl (C=O) groups excluding carboxylic acids is 1. The highest BCUT2D eigenvalue weighted by Gasteiger charge is 2.26. The number of hydrogen-bond donors (Lipinski definition) is 1. The normalized spacial score (nSPS) is 17.5. The average molecular weight is 378 g/mol. The first-order chi connectivity index (χ1) is 13.7. The summed E-state index contributed by atoms with van der Waals surface area (Å²) in [6.45, 7) is 5.04. The lowest BCUT2D eigenvalue weighted by atomic mass is 9.97. The second kappa shape index (κ2) is 8.44. The fraction of sp³-hybridized carbons (Fsp3) is 0.364. The fourth-order valence-corrected chi connectivity index (χ4v) is 3.89. The van der Waals surface area contributed by atoms with Crippen LogP contribution in [0.1, 0.15) is 30.0 Å². The Morgan fingerprint density at radius 1 is 1.29 bits per heavy atom. The van der Waals surface area contributed by atoms with Gasteiger partial charge in [0, 0.05) is 25.5 Å². The van der Waals surface area contributed by atoms with Crippen LogP contribution in [-0.2, 0) is 17.9 Å². The van der Waals surface area contributed by atoms with Crippen LogP contribution < -0.4 is 5.32 Å². The van der Waals surface area contributed by atoms with Crippen LogP contribution in [0.3, 0.4) is 0 Å². The first-order valence-electron chi connectivity index (χ1n) is 9.81. The van der Waals surface area contributed by atoms with E-state index in [4.69, 9.17) is 4.42 Å². The number of rotatable bonds is 6. The minimum Gasteiger partial charge on any atom is -0.468 e. The minimum atomic E-state index is 0.0193. The van der Waals surface area contributed by atoms with Gasteiger partial charge < -0.3 is 14.3 Å². The smallest absolute Gasteiger partial charge is 0.224 e. The van der Waals surface area contributed by atoms with Gasteiger partial charge in [-0.25, -0.2) is 4.98 Å². The molecule has 1 aliphatic rings. The molecule has 3 aromatic rings. The van der Waals surface area contributed by atoms with Crippen LogP contribution in [0.5, 0.6) is 0 Å². The van der Waals surface area contributed by atoms with Gasteiger partial charge in [0.25, 0.3) is 0 Å². The number of imidazole rings is 1. The van der Waals surface area contributed by atoms with Gasteiger partial charge in [0.1, 0.15) is 11.6 Å². The van der Waals surface area contributed by atoms with Gasteiger partial charge >= 0.3 is 0 Å². The molecule has 0 aliphatic carbocycles. The Balaban J connectivity index is 1.38. The van der Waals surface area contributed by atoms with Crippen molar-refractivity contribution in [3.63, 3.8) is 0 Å². The number of benzene rings is 1. The van der Waals surface area contributed by atoms with Gasteiger partial charge in [-0.2, -0.15) is 0 Å².